The van der Waals surface area contributed by atoms with Crippen LogP contribution in [0.2, 0.25) is 0 Å². The molecule has 6 heteroatoms. The average Bonchev–Trinajstić information content (AvgIpc) is 2.71. The van der Waals surface area contributed by atoms with E-state index < -0.39 is 0 Å². The molecule has 0 spiro atoms. The van der Waals surface area contributed by atoms with Crippen molar-refractivity contribution < 1.29 is 23.7 Å². The second-order valence-corrected chi connectivity index (χ2v) is 6.43. The average molecular weight is 373 g/mol. The smallest absolute Gasteiger partial charge is 0.203 e. The summed E-state index contributed by atoms with van der Waals surface area (Å²) >= 11 is 0. The molecule has 0 saturated carbocycles. The van der Waals surface area contributed by atoms with E-state index in [1.807, 2.05) is 18.2 Å². The quantitative estimate of drug-likeness (QED) is 0.774. The number of hydrogen-bond donors (Lipinski definition) is 0. The van der Waals surface area contributed by atoms with Gasteiger partial charge in [-0.15, -0.1) is 0 Å². The van der Waals surface area contributed by atoms with Gasteiger partial charge in [0.1, 0.15) is 0 Å². The number of benzene rings is 2. The zero-order chi connectivity index (χ0) is 19.6. The summed E-state index contributed by atoms with van der Waals surface area (Å²) in [5.41, 5.74) is 3.26. The van der Waals surface area contributed by atoms with E-state index in [0.29, 0.717) is 23.0 Å². The number of methoxy groups -OCH3 is 5. The molecule has 0 bridgehead atoms. The normalized spacial score (nSPS) is 16.4. The van der Waals surface area contributed by atoms with Crippen LogP contribution in [0, 0.1) is 0 Å². The molecule has 27 heavy (non-hydrogen) atoms. The Bertz CT molecular complexity index is 821. The Morgan fingerprint density at radius 1 is 0.815 bits per heavy atom. The Morgan fingerprint density at radius 2 is 1.48 bits per heavy atom. The maximum absolute atomic E-state index is 5.80. The second-order valence-electron chi connectivity index (χ2n) is 6.43. The van der Waals surface area contributed by atoms with E-state index in [1.54, 1.807) is 35.5 Å². The fraction of sp³-hybridized carbons (Fsp3) is 0.429. The molecular formula is C21H27NO5. The molecule has 0 radical (unpaired) electrons. The standard InChI is InChI=1S/C21H27NO5/c1-22-11-10-13-12-16(24-3)20(26-5)21(27-6)17(13)18(22)14-8-7-9-15(23-2)19(14)25-4/h7-9,12,18H,10-11H2,1-6H3/t18-/m1/s1. The highest BCUT2D eigenvalue weighted by Crippen LogP contribution is 2.51. The summed E-state index contributed by atoms with van der Waals surface area (Å²) in [5.74, 6) is 3.39. The van der Waals surface area contributed by atoms with Gasteiger partial charge in [0.25, 0.3) is 0 Å². The highest BCUT2D eigenvalue weighted by molar-refractivity contribution is 5.64. The summed E-state index contributed by atoms with van der Waals surface area (Å²) in [6.07, 6.45) is 0.894. The van der Waals surface area contributed by atoms with Gasteiger partial charge in [-0.2, -0.15) is 0 Å². The summed E-state index contributed by atoms with van der Waals surface area (Å²) in [5, 5.41) is 0. The summed E-state index contributed by atoms with van der Waals surface area (Å²) in [4.78, 5) is 2.29. The third-order valence-electron chi connectivity index (χ3n) is 5.13. The second kappa shape index (κ2) is 7.96. The predicted octanol–water partition coefficient (Wildman–Crippen LogP) is 3.31. The third-order valence-corrected chi connectivity index (χ3v) is 5.13. The van der Waals surface area contributed by atoms with E-state index in [1.165, 1.54) is 5.56 Å². The van der Waals surface area contributed by atoms with Crippen molar-refractivity contribution >= 4 is 0 Å². The molecule has 3 rings (SSSR count). The van der Waals surface area contributed by atoms with Crippen molar-refractivity contribution in [2.45, 2.75) is 12.5 Å². The molecule has 1 aliphatic rings. The van der Waals surface area contributed by atoms with Gasteiger partial charge in [0.15, 0.2) is 23.0 Å². The van der Waals surface area contributed by atoms with E-state index in [4.69, 9.17) is 23.7 Å². The number of nitrogens with zero attached hydrogens (tertiary/aromatic N) is 1. The van der Waals surface area contributed by atoms with Gasteiger partial charge >= 0.3 is 0 Å². The molecule has 0 aliphatic carbocycles. The van der Waals surface area contributed by atoms with Crippen LogP contribution in [-0.2, 0) is 6.42 Å². The fourth-order valence-electron chi connectivity index (χ4n) is 3.90. The summed E-state index contributed by atoms with van der Waals surface area (Å²) in [7, 11) is 10.3. The van der Waals surface area contributed by atoms with E-state index in [0.717, 1.165) is 29.8 Å². The molecule has 0 unspecified atom stereocenters. The zero-order valence-corrected chi connectivity index (χ0v) is 16.8. The lowest BCUT2D eigenvalue weighted by molar-refractivity contribution is 0.243. The monoisotopic (exact) mass is 373 g/mol. The molecule has 0 N–H and O–H groups in total. The van der Waals surface area contributed by atoms with Crippen molar-refractivity contribution in [1.29, 1.82) is 0 Å². The van der Waals surface area contributed by atoms with Gasteiger partial charge in [-0.25, -0.2) is 0 Å². The molecule has 146 valence electrons. The number of rotatable bonds is 6. The van der Waals surface area contributed by atoms with Gasteiger partial charge in [-0.3, -0.25) is 4.90 Å². The molecule has 1 atom stereocenters. The fourth-order valence-corrected chi connectivity index (χ4v) is 3.90. The van der Waals surface area contributed by atoms with Crippen molar-refractivity contribution in [2.24, 2.45) is 0 Å². The Kier molecular flexibility index (Phi) is 5.65. The molecule has 0 fully saturated rings. The molecule has 1 aliphatic heterocycles. The third kappa shape index (κ3) is 3.14. The Hall–Kier alpha value is -2.60. The van der Waals surface area contributed by atoms with Gasteiger partial charge in [0.2, 0.25) is 5.75 Å². The predicted molar refractivity (Wildman–Crippen MR) is 104 cm³/mol. The first-order chi connectivity index (χ1) is 13.1. The maximum atomic E-state index is 5.80. The molecule has 0 saturated heterocycles. The number of ether oxygens (including phenoxy) is 5. The molecule has 6 nitrogen and oxygen atoms in total. The van der Waals surface area contributed by atoms with Crippen LogP contribution < -0.4 is 23.7 Å². The lowest BCUT2D eigenvalue weighted by Crippen LogP contribution is -2.33. The highest BCUT2D eigenvalue weighted by atomic mass is 16.5. The molecule has 0 amide bonds. The summed E-state index contributed by atoms with van der Waals surface area (Å²) in [6, 6.07) is 7.93. The van der Waals surface area contributed by atoms with Crippen molar-refractivity contribution in [3.05, 3.63) is 41.0 Å². The first-order valence-corrected chi connectivity index (χ1v) is 8.84. The van der Waals surface area contributed by atoms with Gasteiger partial charge < -0.3 is 23.7 Å². The van der Waals surface area contributed by atoms with E-state index in [2.05, 4.69) is 18.0 Å². The van der Waals surface area contributed by atoms with E-state index >= 15 is 0 Å². The van der Waals surface area contributed by atoms with Crippen LogP contribution >= 0.6 is 0 Å². The number of para-hydroxylation sites is 1. The van der Waals surface area contributed by atoms with Crippen LogP contribution in [-0.4, -0.2) is 54.0 Å². The maximum Gasteiger partial charge on any atom is 0.203 e. The zero-order valence-electron chi connectivity index (χ0n) is 16.8. The van der Waals surface area contributed by atoms with Gasteiger partial charge in [-0.05, 0) is 31.2 Å². The van der Waals surface area contributed by atoms with Gasteiger partial charge in [0.05, 0.1) is 41.6 Å². The minimum absolute atomic E-state index is 0.0615. The number of hydrogen-bond acceptors (Lipinski definition) is 6. The van der Waals surface area contributed by atoms with Crippen molar-refractivity contribution in [3.8, 4) is 28.7 Å². The van der Waals surface area contributed by atoms with Crippen LogP contribution in [0.15, 0.2) is 24.3 Å². The van der Waals surface area contributed by atoms with Crippen LogP contribution in [0.4, 0.5) is 0 Å². The molecular weight excluding hydrogens is 346 g/mol. The molecule has 0 aromatic heterocycles. The number of likely N-dealkylation sites (N-methyl/N-ethyl adjacent to an activating group) is 1. The lowest BCUT2D eigenvalue weighted by Gasteiger charge is -2.37. The molecule has 1 heterocycles. The van der Waals surface area contributed by atoms with Crippen LogP contribution in [0.25, 0.3) is 0 Å². The van der Waals surface area contributed by atoms with Crippen LogP contribution in [0.5, 0.6) is 28.7 Å². The first kappa shape index (κ1) is 19.2. The summed E-state index contributed by atoms with van der Waals surface area (Å²) < 4.78 is 28.2. The first-order valence-electron chi connectivity index (χ1n) is 8.84. The minimum Gasteiger partial charge on any atom is -0.493 e. The van der Waals surface area contributed by atoms with Crippen molar-refractivity contribution in [3.63, 3.8) is 0 Å². The Labute approximate surface area is 160 Å². The van der Waals surface area contributed by atoms with Gasteiger partial charge in [-0.1, -0.05) is 12.1 Å². The molecule has 2 aromatic carbocycles. The topological polar surface area (TPSA) is 49.4 Å². The lowest BCUT2D eigenvalue weighted by atomic mass is 9.86. The van der Waals surface area contributed by atoms with Crippen molar-refractivity contribution in [1.82, 2.24) is 4.90 Å². The minimum atomic E-state index is -0.0615. The highest BCUT2D eigenvalue weighted by Gasteiger charge is 2.35. The number of fused-ring (bicyclic) bond motifs is 1. The Balaban J connectivity index is 2.30. The van der Waals surface area contributed by atoms with Crippen molar-refractivity contribution in [2.75, 3.05) is 49.1 Å². The van der Waals surface area contributed by atoms with Crippen LogP contribution in [0.3, 0.4) is 0 Å². The largest absolute Gasteiger partial charge is 0.493 e. The van der Waals surface area contributed by atoms with Crippen LogP contribution in [0.1, 0.15) is 22.7 Å². The Morgan fingerprint density at radius 3 is 2.07 bits per heavy atom. The SMILES string of the molecule is COc1cccc([C@@H]2c3c(cc(OC)c(OC)c3OC)CCN2C)c1OC. The van der Waals surface area contributed by atoms with E-state index in [-0.39, 0.29) is 6.04 Å². The summed E-state index contributed by atoms with van der Waals surface area (Å²) in [6.45, 7) is 0.899. The van der Waals surface area contributed by atoms with E-state index in [9.17, 15) is 0 Å². The van der Waals surface area contributed by atoms with Gasteiger partial charge in [0, 0.05) is 17.7 Å². The molecule has 2 aromatic rings.